The predicted octanol–water partition coefficient (Wildman–Crippen LogP) is 3.74. The van der Waals surface area contributed by atoms with Gasteiger partial charge in [-0.1, -0.05) is 12.1 Å². The van der Waals surface area contributed by atoms with Gasteiger partial charge in [-0.05, 0) is 41.5 Å². The van der Waals surface area contributed by atoms with Crippen LogP contribution < -0.4 is 18.9 Å². The van der Waals surface area contributed by atoms with Gasteiger partial charge >= 0.3 is 0 Å². The molecule has 2 aliphatic rings. The molecule has 0 saturated heterocycles. The summed E-state index contributed by atoms with van der Waals surface area (Å²) < 4.78 is 27.8. The molecular formula is C23H21NO6. The van der Waals surface area contributed by atoms with Crippen molar-refractivity contribution in [1.82, 2.24) is 0 Å². The highest BCUT2D eigenvalue weighted by atomic mass is 16.5. The smallest absolute Gasteiger partial charge is 0.273 e. The van der Waals surface area contributed by atoms with Crippen LogP contribution in [0.5, 0.6) is 23.0 Å². The van der Waals surface area contributed by atoms with Gasteiger partial charge in [0, 0.05) is 17.2 Å². The average molecular weight is 407 g/mol. The Morgan fingerprint density at radius 2 is 1.53 bits per heavy atom. The first-order chi connectivity index (χ1) is 14.6. The Morgan fingerprint density at radius 1 is 0.867 bits per heavy atom. The minimum Gasteiger partial charge on any atom is -0.497 e. The number of benzene rings is 2. The highest BCUT2D eigenvalue weighted by molar-refractivity contribution is 6.16. The summed E-state index contributed by atoms with van der Waals surface area (Å²) in [5.74, 6) is 2.23. The van der Waals surface area contributed by atoms with Gasteiger partial charge in [0.25, 0.3) is 5.91 Å². The molecule has 0 saturated carbocycles. The molecule has 154 valence electrons. The second-order valence-corrected chi connectivity index (χ2v) is 6.60. The molecule has 1 unspecified atom stereocenters. The number of methoxy groups -OCH3 is 4. The van der Waals surface area contributed by atoms with E-state index < -0.39 is 6.10 Å². The fourth-order valence-corrected chi connectivity index (χ4v) is 3.59. The zero-order valence-corrected chi connectivity index (χ0v) is 17.1. The van der Waals surface area contributed by atoms with Crippen molar-refractivity contribution < 1.29 is 28.5 Å². The molecule has 4 rings (SSSR count). The van der Waals surface area contributed by atoms with E-state index in [4.69, 9.17) is 23.7 Å². The molecule has 7 nitrogen and oxygen atoms in total. The van der Waals surface area contributed by atoms with E-state index in [0.29, 0.717) is 23.1 Å². The third-order valence-corrected chi connectivity index (χ3v) is 5.01. The second kappa shape index (κ2) is 7.94. The number of dihydropyridines is 1. The molecule has 0 aromatic heterocycles. The van der Waals surface area contributed by atoms with Gasteiger partial charge in [-0.25, -0.2) is 0 Å². The normalized spacial score (nSPS) is 17.3. The molecule has 0 N–H and O–H groups in total. The van der Waals surface area contributed by atoms with E-state index in [1.165, 1.54) is 6.08 Å². The maximum Gasteiger partial charge on any atom is 0.273 e. The van der Waals surface area contributed by atoms with Crippen LogP contribution in [0.1, 0.15) is 17.2 Å². The van der Waals surface area contributed by atoms with E-state index in [0.717, 1.165) is 28.0 Å². The van der Waals surface area contributed by atoms with E-state index in [1.54, 1.807) is 34.5 Å². The van der Waals surface area contributed by atoms with Crippen LogP contribution in [0.4, 0.5) is 0 Å². The molecule has 0 radical (unpaired) electrons. The topological polar surface area (TPSA) is 75.6 Å². The lowest BCUT2D eigenvalue weighted by Gasteiger charge is -2.19. The van der Waals surface area contributed by atoms with E-state index >= 15 is 0 Å². The van der Waals surface area contributed by atoms with Crippen molar-refractivity contribution in [3.8, 4) is 23.0 Å². The van der Waals surface area contributed by atoms with E-state index in [9.17, 15) is 4.79 Å². The predicted molar refractivity (Wildman–Crippen MR) is 111 cm³/mol. The second-order valence-electron chi connectivity index (χ2n) is 6.60. The first kappa shape index (κ1) is 19.6. The van der Waals surface area contributed by atoms with Crippen molar-refractivity contribution in [3.05, 3.63) is 65.3 Å². The number of ether oxygens (including phenoxy) is 5. The lowest BCUT2D eigenvalue weighted by atomic mass is 9.91. The molecule has 1 atom stereocenters. The number of nitrogens with zero attached hydrogens (tertiary/aromatic N) is 1. The van der Waals surface area contributed by atoms with Crippen LogP contribution in [-0.4, -0.2) is 40.2 Å². The van der Waals surface area contributed by atoms with Gasteiger partial charge in [0.2, 0.25) is 11.6 Å². The van der Waals surface area contributed by atoms with Crippen LogP contribution in [0.25, 0.3) is 5.57 Å². The molecule has 2 heterocycles. The highest BCUT2D eigenvalue weighted by Gasteiger charge is 2.36. The highest BCUT2D eigenvalue weighted by Crippen LogP contribution is 2.47. The molecule has 2 aromatic carbocycles. The number of hydrogen-bond donors (Lipinski definition) is 0. The Balaban J connectivity index is 1.90. The fourth-order valence-electron chi connectivity index (χ4n) is 3.59. The van der Waals surface area contributed by atoms with Crippen molar-refractivity contribution >= 4 is 17.4 Å². The molecule has 7 heteroatoms. The number of hydrogen-bond acceptors (Lipinski definition) is 6. The zero-order chi connectivity index (χ0) is 21.3. The number of rotatable bonds is 6. The number of fused-ring (bicyclic) bond motifs is 1. The Kier molecular flexibility index (Phi) is 5.18. The van der Waals surface area contributed by atoms with Crippen molar-refractivity contribution in [1.29, 1.82) is 0 Å². The maximum absolute atomic E-state index is 11.8. The summed E-state index contributed by atoms with van der Waals surface area (Å²) in [5, 5.41) is 0. The molecule has 1 amide bonds. The van der Waals surface area contributed by atoms with Gasteiger partial charge in [0.15, 0.2) is 17.6 Å². The van der Waals surface area contributed by atoms with E-state index in [-0.39, 0.29) is 5.91 Å². The summed E-state index contributed by atoms with van der Waals surface area (Å²) in [5.41, 5.74) is 3.29. The quantitative estimate of drug-likeness (QED) is 0.726. The summed E-state index contributed by atoms with van der Waals surface area (Å²) >= 11 is 0. The SMILES string of the molecule is COc1ccc(C2OC3=NC(=O)C=CC3=C2c2cc(OC)c(OC)c(OC)c2)cc1. The largest absolute Gasteiger partial charge is 0.497 e. The summed E-state index contributed by atoms with van der Waals surface area (Å²) in [4.78, 5) is 15.9. The third kappa shape index (κ3) is 3.28. The summed E-state index contributed by atoms with van der Waals surface area (Å²) in [6, 6.07) is 11.3. The molecular weight excluding hydrogens is 386 g/mol. The summed E-state index contributed by atoms with van der Waals surface area (Å²) in [6.07, 6.45) is 2.69. The Labute approximate surface area is 174 Å². The molecule has 0 fully saturated rings. The van der Waals surface area contributed by atoms with Crippen molar-refractivity contribution in [2.45, 2.75) is 6.10 Å². The van der Waals surface area contributed by atoms with Gasteiger partial charge in [-0.2, -0.15) is 4.99 Å². The summed E-state index contributed by atoms with van der Waals surface area (Å²) in [7, 11) is 6.30. The number of amides is 1. The monoisotopic (exact) mass is 407 g/mol. The van der Waals surface area contributed by atoms with Gasteiger partial charge in [0.05, 0.1) is 28.4 Å². The molecule has 30 heavy (non-hydrogen) atoms. The number of aliphatic imine (C=N–C) groups is 1. The fraction of sp³-hybridized carbons (Fsp3) is 0.217. The van der Waals surface area contributed by atoms with Crippen LogP contribution in [0.15, 0.2) is 59.1 Å². The Bertz CT molecular complexity index is 1060. The Morgan fingerprint density at radius 3 is 2.10 bits per heavy atom. The number of carbonyl (C=O) groups excluding carboxylic acids is 1. The average Bonchev–Trinajstić information content (AvgIpc) is 3.16. The lowest BCUT2D eigenvalue weighted by Crippen LogP contribution is -2.08. The summed E-state index contributed by atoms with van der Waals surface area (Å²) in [6.45, 7) is 0. The van der Waals surface area contributed by atoms with Crippen LogP contribution in [0.3, 0.4) is 0 Å². The molecule has 2 aromatic rings. The number of carbonyl (C=O) groups is 1. The standard InChI is InChI=1S/C23H21NO6/c1-26-15-7-5-13(6-8-15)21-20(16-9-10-19(25)24-23(16)30-21)14-11-17(27-2)22(29-4)18(12-14)28-3/h5-12,21H,1-4H3. The van der Waals surface area contributed by atoms with Crippen LogP contribution in [-0.2, 0) is 9.53 Å². The first-order valence-corrected chi connectivity index (χ1v) is 9.25. The molecule has 2 aliphatic heterocycles. The van der Waals surface area contributed by atoms with Gasteiger partial charge in [-0.15, -0.1) is 0 Å². The molecule has 0 spiro atoms. The van der Waals surface area contributed by atoms with Crippen molar-refractivity contribution in [2.75, 3.05) is 28.4 Å². The van der Waals surface area contributed by atoms with Crippen LogP contribution >= 0.6 is 0 Å². The minimum absolute atomic E-state index is 0.298. The lowest BCUT2D eigenvalue weighted by molar-refractivity contribution is -0.113. The Hall–Kier alpha value is -3.74. The van der Waals surface area contributed by atoms with Crippen molar-refractivity contribution in [3.63, 3.8) is 0 Å². The van der Waals surface area contributed by atoms with Crippen LogP contribution in [0, 0.1) is 0 Å². The van der Waals surface area contributed by atoms with E-state index in [2.05, 4.69) is 4.99 Å². The van der Waals surface area contributed by atoms with Crippen LogP contribution in [0.2, 0.25) is 0 Å². The van der Waals surface area contributed by atoms with E-state index in [1.807, 2.05) is 36.4 Å². The minimum atomic E-state index is -0.469. The van der Waals surface area contributed by atoms with Gasteiger partial charge < -0.3 is 23.7 Å². The zero-order valence-electron chi connectivity index (χ0n) is 17.1. The molecule has 0 aliphatic carbocycles. The van der Waals surface area contributed by atoms with Crippen molar-refractivity contribution in [2.24, 2.45) is 4.99 Å². The maximum atomic E-state index is 11.8. The first-order valence-electron chi connectivity index (χ1n) is 9.25. The molecule has 0 bridgehead atoms. The van der Waals surface area contributed by atoms with Gasteiger partial charge in [-0.3, -0.25) is 4.79 Å². The third-order valence-electron chi connectivity index (χ3n) is 5.01. The van der Waals surface area contributed by atoms with Gasteiger partial charge in [0.1, 0.15) is 5.75 Å².